The zero-order valence-electron chi connectivity index (χ0n) is 10.8. The summed E-state index contributed by atoms with van der Waals surface area (Å²) in [7, 11) is 1.82. The lowest BCUT2D eigenvalue weighted by molar-refractivity contribution is 0.443. The van der Waals surface area contributed by atoms with Gasteiger partial charge in [-0.25, -0.2) is 0 Å². The van der Waals surface area contributed by atoms with Gasteiger partial charge in [0.25, 0.3) is 0 Å². The van der Waals surface area contributed by atoms with Gasteiger partial charge in [0.05, 0.1) is 16.8 Å². The molecule has 0 aliphatic heterocycles. The van der Waals surface area contributed by atoms with Crippen molar-refractivity contribution in [3.05, 3.63) is 33.6 Å². The summed E-state index contributed by atoms with van der Waals surface area (Å²) >= 11 is 12.2. The van der Waals surface area contributed by atoms with Crippen molar-refractivity contribution in [3.8, 4) is 0 Å². The van der Waals surface area contributed by atoms with Crippen molar-refractivity contribution >= 4 is 34.9 Å². The van der Waals surface area contributed by atoms with E-state index >= 15 is 0 Å². The fourth-order valence-corrected chi connectivity index (χ4v) is 1.87. The Bertz CT molecular complexity index is 585. The van der Waals surface area contributed by atoms with Crippen molar-refractivity contribution in [2.24, 2.45) is 0 Å². The van der Waals surface area contributed by atoms with Crippen LogP contribution in [0.5, 0.6) is 0 Å². The van der Waals surface area contributed by atoms with Crippen LogP contribution in [0.15, 0.2) is 16.5 Å². The molecule has 2 N–H and O–H groups in total. The van der Waals surface area contributed by atoms with E-state index < -0.39 is 0 Å². The van der Waals surface area contributed by atoms with Gasteiger partial charge < -0.3 is 15.1 Å². The fraction of sp³-hybridized carbons (Fsp3) is 0.333. The van der Waals surface area contributed by atoms with Gasteiger partial charge in [-0.1, -0.05) is 28.3 Å². The summed E-state index contributed by atoms with van der Waals surface area (Å²) in [6.07, 6.45) is 0. The van der Waals surface area contributed by atoms with E-state index in [-0.39, 0.29) is 12.1 Å². The van der Waals surface area contributed by atoms with Gasteiger partial charge in [0.2, 0.25) is 5.89 Å². The number of halogens is 2. The molecule has 5 nitrogen and oxygen atoms in total. The largest absolute Gasteiger partial charge is 0.406 e. The van der Waals surface area contributed by atoms with E-state index in [1.807, 2.05) is 20.9 Å². The summed E-state index contributed by atoms with van der Waals surface area (Å²) in [5.74, 6) is 0.499. The van der Waals surface area contributed by atoms with Crippen LogP contribution in [0.25, 0.3) is 0 Å². The number of aromatic nitrogens is 2. The van der Waals surface area contributed by atoms with Crippen molar-refractivity contribution < 1.29 is 4.42 Å². The van der Waals surface area contributed by atoms with Crippen LogP contribution in [-0.2, 0) is 0 Å². The molecule has 0 aliphatic carbocycles. The maximum Gasteiger partial charge on any atom is 0.320 e. The van der Waals surface area contributed by atoms with Crippen LogP contribution >= 0.6 is 23.2 Å². The molecule has 102 valence electrons. The normalized spacial score (nSPS) is 12.5. The Labute approximate surface area is 121 Å². The molecule has 0 amide bonds. The smallest absolute Gasteiger partial charge is 0.320 e. The second-order valence-electron chi connectivity index (χ2n) is 4.16. The number of nitrogens with one attached hydrogen (secondary N) is 2. The van der Waals surface area contributed by atoms with E-state index in [0.717, 1.165) is 5.56 Å². The van der Waals surface area contributed by atoms with E-state index in [1.165, 1.54) is 0 Å². The highest BCUT2D eigenvalue weighted by atomic mass is 35.5. The lowest BCUT2D eigenvalue weighted by atomic mass is 10.2. The Kier molecular flexibility index (Phi) is 4.29. The molecule has 0 saturated carbocycles. The molecule has 2 aromatic rings. The van der Waals surface area contributed by atoms with E-state index in [0.29, 0.717) is 21.6 Å². The first-order valence-corrected chi connectivity index (χ1v) is 6.50. The second-order valence-corrected chi connectivity index (χ2v) is 4.98. The summed E-state index contributed by atoms with van der Waals surface area (Å²) in [4.78, 5) is 0. The maximum absolute atomic E-state index is 6.12. The number of hydrogen-bond acceptors (Lipinski definition) is 5. The Morgan fingerprint density at radius 1 is 1.21 bits per heavy atom. The summed E-state index contributed by atoms with van der Waals surface area (Å²) in [6.45, 7) is 3.81. The molecular weight excluding hydrogens is 287 g/mol. The minimum Gasteiger partial charge on any atom is -0.406 e. The standard InChI is InChI=1S/C12H14Cl2N4O/c1-6-4-9(14)10(5-8(6)13)16-12-18-17-11(19-12)7(2)15-3/h4-5,7,15H,1-3H3,(H,16,18). The number of rotatable bonds is 4. The molecule has 0 aliphatic rings. The third-order valence-electron chi connectivity index (χ3n) is 2.73. The molecule has 0 saturated heterocycles. The van der Waals surface area contributed by atoms with Gasteiger partial charge in [0, 0.05) is 5.02 Å². The summed E-state index contributed by atoms with van der Waals surface area (Å²) in [5, 5.41) is 15.0. The topological polar surface area (TPSA) is 63.0 Å². The molecular formula is C12H14Cl2N4O. The number of benzene rings is 1. The molecule has 0 bridgehead atoms. The van der Waals surface area contributed by atoms with Gasteiger partial charge in [0.1, 0.15) is 0 Å². The minimum atomic E-state index is -0.0138. The van der Waals surface area contributed by atoms with E-state index in [1.54, 1.807) is 12.1 Å². The van der Waals surface area contributed by atoms with Crippen molar-refractivity contribution in [1.82, 2.24) is 15.5 Å². The zero-order valence-corrected chi connectivity index (χ0v) is 12.3. The third-order valence-corrected chi connectivity index (χ3v) is 3.45. The van der Waals surface area contributed by atoms with Crippen molar-refractivity contribution in [2.45, 2.75) is 19.9 Å². The Morgan fingerprint density at radius 3 is 2.63 bits per heavy atom. The highest BCUT2D eigenvalue weighted by Gasteiger charge is 2.13. The molecule has 7 heteroatoms. The third kappa shape index (κ3) is 3.18. The highest BCUT2D eigenvalue weighted by molar-refractivity contribution is 6.35. The Balaban J connectivity index is 2.22. The monoisotopic (exact) mass is 300 g/mol. The van der Waals surface area contributed by atoms with Gasteiger partial charge >= 0.3 is 6.01 Å². The number of nitrogens with zero attached hydrogens (tertiary/aromatic N) is 2. The van der Waals surface area contributed by atoms with E-state index in [9.17, 15) is 0 Å². The predicted octanol–water partition coefficient (Wildman–Crippen LogP) is 3.71. The molecule has 1 atom stereocenters. The van der Waals surface area contributed by atoms with E-state index in [2.05, 4.69) is 20.8 Å². The van der Waals surface area contributed by atoms with Gasteiger partial charge in [-0.2, -0.15) is 0 Å². The van der Waals surface area contributed by atoms with Crippen LogP contribution in [0.4, 0.5) is 11.7 Å². The van der Waals surface area contributed by atoms with Crippen LogP contribution in [0.1, 0.15) is 24.4 Å². The summed E-state index contributed by atoms with van der Waals surface area (Å²) < 4.78 is 5.47. The van der Waals surface area contributed by atoms with Crippen molar-refractivity contribution in [3.63, 3.8) is 0 Å². The molecule has 0 radical (unpaired) electrons. The predicted molar refractivity (Wildman–Crippen MR) is 76.3 cm³/mol. The molecule has 1 heterocycles. The SMILES string of the molecule is CNC(C)c1nnc(Nc2cc(Cl)c(C)cc2Cl)o1. The minimum absolute atomic E-state index is 0.0138. The molecule has 19 heavy (non-hydrogen) atoms. The van der Waals surface area contributed by atoms with Crippen molar-refractivity contribution in [1.29, 1.82) is 0 Å². The molecule has 0 spiro atoms. The lowest BCUT2D eigenvalue weighted by Crippen LogP contribution is -2.12. The average molecular weight is 301 g/mol. The Hall–Kier alpha value is -1.30. The van der Waals surface area contributed by atoms with Crippen molar-refractivity contribution in [2.75, 3.05) is 12.4 Å². The van der Waals surface area contributed by atoms with Crippen LogP contribution in [0.3, 0.4) is 0 Å². The average Bonchev–Trinajstić information content (AvgIpc) is 2.83. The molecule has 1 unspecified atom stereocenters. The first-order chi connectivity index (χ1) is 9.01. The van der Waals surface area contributed by atoms with Gasteiger partial charge in [-0.05, 0) is 38.6 Å². The van der Waals surface area contributed by atoms with Gasteiger partial charge in [0.15, 0.2) is 0 Å². The van der Waals surface area contributed by atoms with Crippen LogP contribution in [0.2, 0.25) is 10.0 Å². The number of aryl methyl sites for hydroxylation is 1. The number of anilines is 2. The fourth-order valence-electron chi connectivity index (χ4n) is 1.44. The van der Waals surface area contributed by atoms with Crippen LogP contribution in [0, 0.1) is 6.92 Å². The quantitative estimate of drug-likeness (QED) is 0.901. The van der Waals surface area contributed by atoms with E-state index in [4.69, 9.17) is 27.6 Å². The zero-order chi connectivity index (χ0) is 14.0. The second kappa shape index (κ2) is 5.77. The highest BCUT2D eigenvalue weighted by Crippen LogP contribution is 2.30. The molecule has 2 rings (SSSR count). The molecule has 1 aromatic heterocycles. The number of hydrogen-bond donors (Lipinski definition) is 2. The molecule has 1 aromatic carbocycles. The molecule has 0 fully saturated rings. The van der Waals surface area contributed by atoms with Crippen LogP contribution < -0.4 is 10.6 Å². The van der Waals surface area contributed by atoms with Gasteiger partial charge in [-0.15, -0.1) is 5.10 Å². The summed E-state index contributed by atoms with van der Waals surface area (Å²) in [6, 6.07) is 3.77. The first kappa shape index (κ1) is 14.1. The first-order valence-electron chi connectivity index (χ1n) is 5.74. The Morgan fingerprint density at radius 2 is 1.95 bits per heavy atom. The summed E-state index contributed by atoms with van der Waals surface area (Å²) in [5.41, 5.74) is 1.54. The van der Waals surface area contributed by atoms with Crippen LogP contribution in [-0.4, -0.2) is 17.2 Å². The lowest BCUT2D eigenvalue weighted by Gasteiger charge is -2.07. The van der Waals surface area contributed by atoms with Gasteiger partial charge in [-0.3, -0.25) is 0 Å². The maximum atomic E-state index is 6.12.